The molecule has 0 aliphatic heterocycles. The van der Waals surface area contributed by atoms with E-state index in [-0.39, 0.29) is 5.91 Å². The van der Waals surface area contributed by atoms with E-state index in [1.165, 1.54) is 10.3 Å². The lowest BCUT2D eigenvalue weighted by molar-refractivity contribution is -0.120. The van der Waals surface area contributed by atoms with Crippen LogP contribution in [0.4, 0.5) is 0 Å². The zero-order valence-electron chi connectivity index (χ0n) is 13.7. The zero-order chi connectivity index (χ0) is 17.5. The first-order chi connectivity index (χ1) is 12.2. The Labute approximate surface area is 160 Å². The number of halogens is 1. The molecule has 130 valence electrons. The number of thiazole rings is 1. The van der Waals surface area contributed by atoms with Crippen molar-refractivity contribution in [3.05, 3.63) is 64.1 Å². The minimum atomic E-state index is 0.0892. The fraction of sp³-hybridized carbons (Fsp3) is 0.263. The van der Waals surface area contributed by atoms with Crippen molar-refractivity contribution in [1.29, 1.82) is 0 Å². The molecule has 0 unspecified atom stereocenters. The molecule has 0 saturated carbocycles. The minimum absolute atomic E-state index is 0.0892. The van der Waals surface area contributed by atoms with Gasteiger partial charge >= 0.3 is 0 Å². The molecule has 0 fully saturated rings. The molecule has 1 aromatic heterocycles. The normalized spacial score (nSPS) is 10.9. The highest BCUT2D eigenvalue weighted by molar-refractivity contribution is 7.98. The molecular weight excluding hydrogens is 372 g/mol. The van der Waals surface area contributed by atoms with Crippen LogP contribution < -0.4 is 5.32 Å². The van der Waals surface area contributed by atoms with Gasteiger partial charge in [0.05, 0.1) is 15.2 Å². The summed E-state index contributed by atoms with van der Waals surface area (Å²) in [5.41, 5.74) is 2.26. The van der Waals surface area contributed by atoms with Crippen molar-refractivity contribution in [2.24, 2.45) is 0 Å². The maximum Gasteiger partial charge on any atom is 0.220 e. The summed E-state index contributed by atoms with van der Waals surface area (Å²) < 4.78 is 1.18. The number of fused-ring (bicyclic) bond motifs is 1. The summed E-state index contributed by atoms with van der Waals surface area (Å²) in [5.74, 6) is 1.92. The minimum Gasteiger partial charge on any atom is -0.355 e. The van der Waals surface area contributed by atoms with E-state index in [0.29, 0.717) is 19.4 Å². The largest absolute Gasteiger partial charge is 0.355 e. The van der Waals surface area contributed by atoms with Crippen LogP contribution in [0.1, 0.15) is 17.0 Å². The van der Waals surface area contributed by atoms with Crippen LogP contribution in [0, 0.1) is 0 Å². The Morgan fingerprint density at radius 3 is 2.76 bits per heavy atom. The van der Waals surface area contributed by atoms with Gasteiger partial charge in [0.1, 0.15) is 0 Å². The summed E-state index contributed by atoms with van der Waals surface area (Å²) in [6.45, 7) is 0.691. The van der Waals surface area contributed by atoms with E-state index < -0.39 is 0 Å². The molecule has 1 heterocycles. The molecule has 0 atom stereocenters. The number of benzene rings is 2. The van der Waals surface area contributed by atoms with Crippen molar-refractivity contribution in [1.82, 2.24) is 10.3 Å². The molecule has 0 spiro atoms. The van der Waals surface area contributed by atoms with Gasteiger partial charge in [-0.05, 0) is 29.8 Å². The maximum atomic E-state index is 11.9. The van der Waals surface area contributed by atoms with Crippen LogP contribution in [-0.2, 0) is 17.0 Å². The van der Waals surface area contributed by atoms with Crippen LogP contribution >= 0.6 is 34.7 Å². The van der Waals surface area contributed by atoms with Crippen molar-refractivity contribution in [3.8, 4) is 0 Å². The summed E-state index contributed by atoms with van der Waals surface area (Å²) in [6, 6.07) is 15.9. The lowest BCUT2D eigenvalue weighted by Gasteiger charge is -2.05. The van der Waals surface area contributed by atoms with Gasteiger partial charge in [-0.3, -0.25) is 4.79 Å². The highest BCUT2D eigenvalue weighted by atomic mass is 35.5. The number of aryl methyl sites for hydroxylation is 1. The third-order valence-electron chi connectivity index (χ3n) is 3.65. The van der Waals surface area contributed by atoms with E-state index in [9.17, 15) is 4.79 Å². The van der Waals surface area contributed by atoms with Crippen molar-refractivity contribution in [2.45, 2.75) is 18.6 Å². The summed E-state index contributed by atoms with van der Waals surface area (Å²) in [6.07, 6.45) is 1.19. The Kier molecular flexibility index (Phi) is 6.73. The van der Waals surface area contributed by atoms with E-state index in [1.54, 1.807) is 23.1 Å². The molecule has 25 heavy (non-hydrogen) atoms. The number of thioether (sulfide) groups is 1. The number of carbonyl (C=O) groups excluding carboxylic acids is 1. The maximum absolute atomic E-state index is 11.9. The Hall–Kier alpha value is -1.56. The monoisotopic (exact) mass is 390 g/mol. The van der Waals surface area contributed by atoms with Crippen LogP contribution in [0.5, 0.6) is 0 Å². The van der Waals surface area contributed by atoms with Crippen LogP contribution in [0.15, 0.2) is 48.5 Å². The zero-order valence-corrected chi connectivity index (χ0v) is 16.1. The standard InChI is InChI=1S/C19H19ClN2OS2/c20-15-7-5-14(6-8-15)13-24-12-11-21-18(23)9-10-19-22-16-3-1-2-4-17(16)25-19/h1-8H,9-13H2,(H,21,23). The van der Waals surface area contributed by atoms with E-state index in [1.807, 2.05) is 42.5 Å². The molecule has 0 aliphatic carbocycles. The first-order valence-corrected chi connectivity index (χ1v) is 10.5. The van der Waals surface area contributed by atoms with Crippen LogP contribution in [0.25, 0.3) is 10.2 Å². The number of carbonyl (C=O) groups is 1. The van der Waals surface area contributed by atoms with E-state index >= 15 is 0 Å². The summed E-state index contributed by atoms with van der Waals surface area (Å²) in [4.78, 5) is 16.5. The third kappa shape index (κ3) is 5.73. The predicted molar refractivity (Wildman–Crippen MR) is 109 cm³/mol. The second-order valence-corrected chi connectivity index (χ2v) is 8.26. The number of aromatic nitrogens is 1. The molecule has 0 radical (unpaired) electrons. The lowest BCUT2D eigenvalue weighted by atomic mass is 10.2. The van der Waals surface area contributed by atoms with Crippen LogP contribution in [0.2, 0.25) is 5.02 Å². The number of nitrogens with zero attached hydrogens (tertiary/aromatic N) is 1. The molecule has 6 heteroatoms. The van der Waals surface area contributed by atoms with Gasteiger partial charge < -0.3 is 5.32 Å². The highest BCUT2D eigenvalue weighted by Gasteiger charge is 2.06. The van der Waals surface area contributed by atoms with E-state index in [0.717, 1.165) is 27.1 Å². The fourth-order valence-corrected chi connectivity index (χ4v) is 4.28. The SMILES string of the molecule is O=C(CCc1nc2ccccc2s1)NCCSCc1ccc(Cl)cc1. The molecule has 0 bridgehead atoms. The molecule has 1 amide bonds. The van der Waals surface area contributed by atoms with Crippen molar-refractivity contribution in [3.63, 3.8) is 0 Å². The lowest BCUT2D eigenvalue weighted by Crippen LogP contribution is -2.25. The fourth-order valence-electron chi connectivity index (χ4n) is 2.37. The number of nitrogens with one attached hydrogen (secondary N) is 1. The number of hydrogen-bond donors (Lipinski definition) is 1. The Bertz CT molecular complexity index is 800. The van der Waals surface area contributed by atoms with Gasteiger partial charge in [-0.15, -0.1) is 11.3 Å². The second-order valence-electron chi connectivity index (χ2n) is 5.60. The van der Waals surface area contributed by atoms with Crippen molar-refractivity contribution in [2.75, 3.05) is 12.3 Å². The third-order valence-corrected chi connectivity index (χ3v) is 6.03. The number of amides is 1. The van der Waals surface area contributed by atoms with Crippen molar-refractivity contribution < 1.29 is 4.79 Å². The average molecular weight is 391 g/mol. The van der Waals surface area contributed by atoms with E-state index in [4.69, 9.17) is 11.6 Å². The first kappa shape index (κ1) is 18.2. The molecule has 0 aliphatic rings. The second kappa shape index (κ2) is 9.22. The molecule has 3 nitrogen and oxygen atoms in total. The Morgan fingerprint density at radius 2 is 1.96 bits per heavy atom. The van der Waals surface area contributed by atoms with E-state index in [2.05, 4.69) is 16.4 Å². The highest BCUT2D eigenvalue weighted by Crippen LogP contribution is 2.22. The predicted octanol–water partition coefficient (Wildman–Crippen LogP) is 4.93. The van der Waals surface area contributed by atoms with Crippen LogP contribution in [-0.4, -0.2) is 23.2 Å². The van der Waals surface area contributed by atoms with Gasteiger partial charge in [-0.25, -0.2) is 4.98 Å². The number of hydrogen-bond acceptors (Lipinski definition) is 4. The molecule has 3 aromatic rings. The number of para-hydroxylation sites is 1. The molecule has 3 rings (SSSR count). The van der Waals surface area contributed by atoms with Crippen molar-refractivity contribution >= 4 is 50.8 Å². The topological polar surface area (TPSA) is 42.0 Å². The summed E-state index contributed by atoms with van der Waals surface area (Å²) in [5, 5.41) is 4.76. The smallest absolute Gasteiger partial charge is 0.220 e. The average Bonchev–Trinajstić information content (AvgIpc) is 3.04. The molecule has 1 N–H and O–H groups in total. The van der Waals surface area contributed by atoms with Gasteiger partial charge in [-0.1, -0.05) is 35.9 Å². The summed E-state index contributed by atoms with van der Waals surface area (Å²) >= 11 is 9.34. The number of rotatable bonds is 8. The van der Waals surface area contributed by atoms with Gasteiger partial charge in [0.25, 0.3) is 0 Å². The molecular formula is C19H19ClN2OS2. The summed E-state index contributed by atoms with van der Waals surface area (Å²) in [7, 11) is 0. The first-order valence-electron chi connectivity index (χ1n) is 8.14. The van der Waals surface area contributed by atoms with Crippen LogP contribution in [0.3, 0.4) is 0 Å². The Morgan fingerprint density at radius 1 is 1.16 bits per heavy atom. The quantitative estimate of drug-likeness (QED) is 0.554. The molecule has 2 aromatic carbocycles. The Balaban J connectivity index is 1.32. The van der Waals surface area contributed by atoms with Gasteiger partial charge in [0.15, 0.2) is 0 Å². The van der Waals surface area contributed by atoms with Gasteiger partial charge in [0, 0.05) is 35.9 Å². The molecule has 0 saturated heterocycles. The van der Waals surface area contributed by atoms with Gasteiger partial charge in [-0.2, -0.15) is 11.8 Å². The van der Waals surface area contributed by atoms with Gasteiger partial charge in [0.2, 0.25) is 5.91 Å².